The molecule has 0 spiro atoms. The number of nitrogens with one attached hydrogen (secondary N) is 1. The normalized spacial score (nSPS) is 11.0. The highest BCUT2D eigenvalue weighted by Gasteiger charge is 2.17. The minimum absolute atomic E-state index is 0.181. The Hall–Kier alpha value is -3.74. The number of hydrogen-bond acceptors (Lipinski definition) is 3. The average molecular weight is 432 g/mol. The van der Waals surface area contributed by atoms with Crippen LogP contribution >= 0.6 is 0 Å². The van der Waals surface area contributed by atoms with Gasteiger partial charge in [-0.2, -0.15) is 10.2 Å². The largest absolute Gasteiger partial charge is 0.348 e. The van der Waals surface area contributed by atoms with E-state index in [9.17, 15) is 9.18 Å². The van der Waals surface area contributed by atoms with Crippen LogP contribution in [0.4, 0.5) is 4.39 Å². The second kappa shape index (κ2) is 9.18. The number of aromatic nitrogens is 4. The van der Waals surface area contributed by atoms with E-state index >= 15 is 0 Å². The lowest BCUT2D eigenvalue weighted by atomic mass is 10.1. The summed E-state index contributed by atoms with van der Waals surface area (Å²) in [5.74, 6) is -0.490. The quantitative estimate of drug-likeness (QED) is 0.473. The first kappa shape index (κ1) is 21.5. The standard InChI is InChI=1S/C25H26FN5O/c1-4-24-23(15-28-31(24)22-10-8-21(26)9-11-22)25(32)27-14-19-6-5-7-20(13-19)16-30-18(3)12-17(2)29-30/h5-13,15H,4,14,16H2,1-3H3,(H,27,32). The molecule has 0 fully saturated rings. The van der Waals surface area contributed by atoms with Crippen LogP contribution in [0.15, 0.2) is 60.8 Å². The first-order chi connectivity index (χ1) is 15.4. The molecule has 7 heteroatoms. The summed E-state index contributed by atoms with van der Waals surface area (Å²) in [5, 5.41) is 11.9. The third-order valence-electron chi connectivity index (χ3n) is 5.40. The van der Waals surface area contributed by atoms with E-state index in [0.717, 1.165) is 33.9 Å². The molecule has 6 nitrogen and oxygen atoms in total. The lowest BCUT2D eigenvalue weighted by Crippen LogP contribution is -2.24. The summed E-state index contributed by atoms with van der Waals surface area (Å²) >= 11 is 0. The predicted octanol–water partition coefficient (Wildman–Crippen LogP) is 4.37. The van der Waals surface area contributed by atoms with Crippen molar-refractivity contribution in [2.45, 2.75) is 40.3 Å². The molecule has 0 saturated heterocycles. The van der Waals surface area contributed by atoms with Crippen molar-refractivity contribution in [3.8, 4) is 5.69 Å². The predicted molar refractivity (Wildman–Crippen MR) is 121 cm³/mol. The van der Waals surface area contributed by atoms with Crippen molar-refractivity contribution >= 4 is 5.91 Å². The van der Waals surface area contributed by atoms with Gasteiger partial charge in [0.05, 0.1) is 35.4 Å². The Kier molecular flexibility index (Phi) is 6.16. The zero-order chi connectivity index (χ0) is 22.7. The van der Waals surface area contributed by atoms with Gasteiger partial charge in [0.1, 0.15) is 5.82 Å². The van der Waals surface area contributed by atoms with Crippen LogP contribution in [0.5, 0.6) is 0 Å². The molecule has 2 aromatic heterocycles. The van der Waals surface area contributed by atoms with E-state index in [0.29, 0.717) is 25.1 Å². The molecule has 0 aliphatic heterocycles. The van der Waals surface area contributed by atoms with Gasteiger partial charge in [0.15, 0.2) is 0 Å². The summed E-state index contributed by atoms with van der Waals surface area (Å²) in [7, 11) is 0. The summed E-state index contributed by atoms with van der Waals surface area (Å²) in [6, 6.07) is 16.3. The molecule has 0 atom stereocenters. The van der Waals surface area contributed by atoms with Gasteiger partial charge in [-0.05, 0) is 61.7 Å². The van der Waals surface area contributed by atoms with Crippen molar-refractivity contribution in [3.05, 3.63) is 100 Å². The smallest absolute Gasteiger partial charge is 0.255 e. The molecule has 0 aliphatic rings. The number of carbonyl (C=O) groups is 1. The van der Waals surface area contributed by atoms with Gasteiger partial charge < -0.3 is 5.32 Å². The Morgan fingerprint density at radius 1 is 1.06 bits per heavy atom. The molecular formula is C25H26FN5O. The van der Waals surface area contributed by atoms with Gasteiger partial charge in [0.25, 0.3) is 5.91 Å². The zero-order valence-corrected chi connectivity index (χ0v) is 18.5. The molecule has 1 amide bonds. The van der Waals surface area contributed by atoms with Gasteiger partial charge >= 0.3 is 0 Å². The highest BCUT2D eigenvalue weighted by molar-refractivity contribution is 5.95. The summed E-state index contributed by atoms with van der Waals surface area (Å²) in [6.07, 6.45) is 2.19. The van der Waals surface area contributed by atoms with Crippen LogP contribution < -0.4 is 5.32 Å². The maximum atomic E-state index is 13.3. The molecular weight excluding hydrogens is 405 g/mol. The van der Waals surface area contributed by atoms with Gasteiger partial charge in [-0.15, -0.1) is 0 Å². The number of rotatable bonds is 7. The van der Waals surface area contributed by atoms with Crippen LogP contribution in [-0.4, -0.2) is 25.5 Å². The fourth-order valence-corrected chi connectivity index (χ4v) is 3.83. The molecule has 32 heavy (non-hydrogen) atoms. The maximum absolute atomic E-state index is 13.3. The van der Waals surface area contributed by atoms with E-state index in [4.69, 9.17) is 0 Å². The first-order valence-corrected chi connectivity index (χ1v) is 10.6. The Labute approximate surface area is 186 Å². The minimum atomic E-state index is -0.308. The Balaban J connectivity index is 1.46. The molecule has 0 unspecified atom stereocenters. The van der Waals surface area contributed by atoms with Gasteiger partial charge in [0, 0.05) is 12.2 Å². The van der Waals surface area contributed by atoms with E-state index in [-0.39, 0.29) is 11.7 Å². The fourth-order valence-electron chi connectivity index (χ4n) is 3.83. The van der Waals surface area contributed by atoms with Crippen LogP contribution in [0.25, 0.3) is 5.69 Å². The van der Waals surface area contributed by atoms with Crippen molar-refractivity contribution < 1.29 is 9.18 Å². The van der Waals surface area contributed by atoms with Crippen LogP contribution in [-0.2, 0) is 19.5 Å². The molecule has 0 bridgehead atoms. The summed E-state index contributed by atoms with van der Waals surface area (Å²) in [6.45, 7) is 7.09. The number of aryl methyl sites for hydroxylation is 2. The van der Waals surface area contributed by atoms with Gasteiger partial charge in [-0.1, -0.05) is 31.2 Å². The van der Waals surface area contributed by atoms with Crippen LogP contribution in [0, 0.1) is 19.7 Å². The SMILES string of the molecule is CCc1c(C(=O)NCc2cccc(Cn3nc(C)cc3C)c2)cnn1-c1ccc(F)cc1. The lowest BCUT2D eigenvalue weighted by molar-refractivity contribution is 0.0950. The number of halogens is 1. The third kappa shape index (κ3) is 4.61. The average Bonchev–Trinajstić information content (AvgIpc) is 3.35. The van der Waals surface area contributed by atoms with Crippen LogP contribution in [0.2, 0.25) is 0 Å². The van der Waals surface area contributed by atoms with Crippen molar-refractivity contribution in [1.82, 2.24) is 24.9 Å². The second-order valence-corrected chi connectivity index (χ2v) is 7.83. The van der Waals surface area contributed by atoms with Crippen molar-refractivity contribution in [3.63, 3.8) is 0 Å². The highest BCUT2D eigenvalue weighted by atomic mass is 19.1. The minimum Gasteiger partial charge on any atom is -0.348 e. The van der Waals surface area contributed by atoms with E-state index in [1.165, 1.54) is 12.1 Å². The van der Waals surface area contributed by atoms with Crippen molar-refractivity contribution in [2.75, 3.05) is 0 Å². The Morgan fingerprint density at radius 3 is 2.50 bits per heavy atom. The molecule has 0 saturated carbocycles. The third-order valence-corrected chi connectivity index (χ3v) is 5.40. The van der Waals surface area contributed by atoms with E-state index in [2.05, 4.69) is 33.7 Å². The number of benzene rings is 2. The highest BCUT2D eigenvalue weighted by Crippen LogP contribution is 2.17. The molecule has 2 heterocycles. The van der Waals surface area contributed by atoms with E-state index in [1.54, 1.807) is 23.0 Å². The zero-order valence-electron chi connectivity index (χ0n) is 18.5. The van der Waals surface area contributed by atoms with Gasteiger partial charge in [-0.3, -0.25) is 9.48 Å². The number of carbonyl (C=O) groups excluding carboxylic acids is 1. The number of nitrogens with zero attached hydrogens (tertiary/aromatic N) is 4. The Morgan fingerprint density at radius 2 is 1.81 bits per heavy atom. The van der Waals surface area contributed by atoms with Crippen LogP contribution in [0.1, 0.15) is 45.5 Å². The molecule has 2 aromatic carbocycles. The monoisotopic (exact) mass is 431 g/mol. The molecule has 0 radical (unpaired) electrons. The topological polar surface area (TPSA) is 64.7 Å². The van der Waals surface area contributed by atoms with Crippen LogP contribution in [0.3, 0.4) is 0 Å². The van der Waals surface area contributed by atoms with E-state index < -0.39 is 0 Å². The molecule has 1 N–H and O–H groups in total. The summed E-state index contributed by atoms with van der Waals surface area (Å²) in [5.41, 5.74) is 6.29. The van der Waals surface area contributed by atoms with Gasteiger partial charge in [-0.25, -0.2) is 9.07 Å². The van der Waals surface area contributed by atoms with Gasteiger partial charge in [0.2, 0.25) is 0 Å². The van der Waals surface area contributed by atoms with Crippen molar-refractivity contribution in [1.29, 1.82) is 0 Å². The lowest BCUT2D eigenvalue weighted by Gasteiger charge is -2.10. The van der Waals surface area contributed by atoms with E-state index in [1.807, 2.05) is 37.6 Å². The molecule has 4 rings (SSSR count). The summed E-state index contributed by atoms with van der Waals surface area (Å²) < 4.78 is 16.9. The number of hydrogen-bond donors (Lipinski definition) is 1. The van der Waals surface area contributed by atoms with Crippen molar-refractivity contribution in [2.24, 2.45) is 0 Å². The molecule has 0 aliphatic carbocycles. The fraction of sp³-hybridized carbons (Fsp3) is 0.240. The maximum Gasteiger partial charge on any atom is 0.255 e. The molecule has 4 aromatic rings. The second-order valence-electron chi connectivity index (χ2n) is 7.83. The Bertz CT molecular complexity index is 1240. The number of amides is 1. The first-order valence-electron chi connectivity index (χ1n) is 10.6. The summed E-state index contributed by atoms with van der Waals surface area (Å²) in [4.78, 5) is 12.9. The molecule has 164 valence electrons.